The van der Waals surface area contributed by atoms with Crippen molar-refractivity contribution in [3.8, 4) is 0 Å². The molecule has 142 valence electrons. The minimum Gasteiger partial charge on any atom is -0.339 e. The fourth-order valence-electron chi connectivity index (χ4n) is 3.03. The second-order valence-electron chi connectivity index (χ2n) is 7.12. The zero-order valence-corrected chi connectivity index (χ0v) is 16.2. The first-order valence-electron chi connectivity index (χ1n) is 8.98. The third-order valence-electron chi connectivity index (χ3n) is 4.37. The molecule has 0 spiro atoms. The summed E-state index contributed by atoms with van der Waals surface area (Å²) in [5.41, 5.74) is 0.819. The molecule has 0 saturated carbocycles. The second kappa shape index (κ2) is 8.28. The summed E-state index contributed by atoms with van der Waals surface area (Å²) in [6, 6.07) is 9.31. The Labute approximate surface area is 155 Å². The van der Waals surface area contributed by atoms with Crippen LogP contribution in [0.2, 0.25) is 0 Å². The molecule has 2 heterocycles. The van der Waals surface area contributed by atoms with Crippen LogP contribution in [0.4, 0.5) is 0 Å². The zero-order valence-electron chi connectivity index (χ0n) is 15.3. The van der Waals surface area contributed by atoms with Crippen molar-refractivity contribution in [3.05, 3.63) is 47.6 Å². The van der Waals surface area contributed by atoms with E-state index in [0.717, 1.165) is 12.0 Å². The van der Waals surface area contributed by atoms with Gasteiger partial charge < -0.3 is 4.52 Å². The molecule has 1 aromatic heterocycles. The highest BCUT2D eigenvalue weighted by molar-refractivity contribution is 7.88. The number of rotatable bonds is 7. The minimum atomic E-state index is -3.29. The minimum absolute atomic E-state index is 0.0528. The summed E-state index contributed by atoms with van der Waals surface area (Å²) in [6.07, 6.45) is 0.776. The van der Waals surface area contributed by atoms with Gasteiger partial charge in [0.1, 0.15) is 0 Å². The van der Waals surface area contributed by atoms with Crippen LogP contribution in [0.3, 0.4) is 0 Å². The molecule has 0 amide bonds. The largest absolute Gasteiger partial charge is 0.339 e. The van der Waals surface area contributed by atoms with Crippen LogP contribution in [0.5, 0.6) is 0 Å². The van der Waals surface area contributed by atoms with Crippen LogP contribution in [0.25, 0.3) is 0 Å². The average molecular weight is 378 g/mol. The monoisotopic (exact) mass is 378 g/mol. The highest BCUT2D eigenvalue weighted by atomic mass is 32.2. The van der Waals surface area contributed by atoms with E-state index in [4.69, 9.17) is 4.52 Å². The maximum atomic E-state index is 12.6. The molecule has 1 aliphatic heterocycles. The van der Waals surface area contributed by atoms with E-state index in [1.807, 2.05) is 30.3 Å². The van der Waals surface area contributed by atoms with E-state index in [2.05, 4.69) is 28.9 Å². The van der Waals surface area contributed by atoms with Gasteiger partial charge in [0.25, 0.3) is 0 Å². The summed E-state index contributed by atoms with van der Waals surface area (Å²) in [6.45, 7) is 7.13. The van der Waals surface area contributed by atoms with Crippen molar-refractivity contribution in [2.24, 2.45) is 5.92 Å². The van der Waals surface area contributed by atoms with Crippen molar-refractivity contribution in [1.29, 1.82) is 0 Å². The summed E-state index contributed by atoms with van der Waals surface area (Å²) in [7, 11) is -3.29. The zero-order chi connectivity index (χ0) is 18.6. The molecular formula is C18H26N4O3S. The third-order valence-corrected chi connectivity index (χ3v) is 6.22. The second-order valence-corrected chi connectivity index (χ2v) is 9.09. The highest BCUT2D eigenvalue weighted by Gasteiger charge is 2.27. The number of hydrogen-bond acceptors (Lipinski definition) is 6. The molecular weight excluding hydrogens is 352 g/mol. The standard InChI is InChI=1S/C18H26N4O3S/c1-15(2)12-18-19-17(20-25-18)13-21-8-10-22(11-9-21)26(23,24)14-16-6-4-3-5-7-16/h3-7,15H,8-14H2,1-2H3. The van der Waals surface area contributed by atoms with E-state index < -0.39 is 10.0 Å². The van der Waals surface area contributed by atoms with Gasteiger partial charge in [0.2, 0.25) is 15.9 Å². The van der Waals surface area contributed by atoms with Crippen molar-refractivity contribution in [2.75, 3.05) is 26.2 Å². The quantitative estimate of drug-likeness (QED) is 0.732. The van der Waals surface area contributed by atoms with E-state index in [1.165, 1.54) is 0 Å². The van der Waals surface area contributed by atoms with Crippen LogP contribution in [0, 0.1) is 5.92 Å². The fraction of sp³-hybridized carbons (Fsp3) is 0.556. The van der Waals surface area contributed by atoms with E-state index >= 15 is 0 Å². The molecule has 1 fully saturated rings. The van der Waals surface area contributed by atoms with Crippen molar-refractivity contribution in [3.63, 3.8) is 0 Å². The van der Waals surface area contributed by atoms with Crippen LogP contribution in [-0.2, 0) is 28.7 Å². The van der Waals surface area contributed by atoms with Crippen molar-refractivity contribution in [2.45, 2.75) is 32.6 Å². The molecule has 2 aromatic rings. The van der Waals surface area contributed by atoms with Gasteiger partial charge in [-0.2, -0.15) is 9.29 Å². The van der Waals surface area contributed by atoms with Gasteiger partial charge in [0.15, 0.2) is 5.82 Å². The van der Waals surface area contributed by atoms with Gasteiger partial charge in [0, 0.05) is 32.6 Å². The van der Waals surface area contributed by atoms with Gasteiger partial charge >= 0.3 is 0 Å². The predicted molar refractivity (Wildman–Crippen MR) is 98.8 cm³/mol. The fourth-order valence-corrected chi connectivity index (χ4v) is 4.54. The first-order valence-corrected chi connectivity index (χ1v) is 10.6. The maximum Gasteiger partial charge on any atom is 0.226 e. The lowest BCUT2D eigenvalue weighted by Gasteiger charge is -2.33. The predicted octanol–water partition coefficient (Wildman–Crippen LogP) is 1.92. The molecule has 0 radical (unpaired) electrons. The highest BCUT2D eigenvalue weighted by Crippen LogP contribution is 2.15. The van der Waals surface area contributed by atoms with Crippen molar-refractivity contribution in [1.82, 2.24) is 19.3 Å². The lowest BCUT2D eigenvalue weighted by Crippen LogP contribution is -2.48. The Bertz CT molecular complexity index is 797. The van der Waals surface area contributed by atoms with E-state index in [0.29, 0.717) is 50.4 Å². The number of sulfonamides is 1. The molecule has 7 nitrogen and oxygen atoms in total. The van der Waals surface area contributed by atoms with E-state index in [-0.39, 0.29) is 5.75 Å². The topological polar surface area (TPSA) is 79.5 Å². The van der Waals surface area contributed by atoms with Crippen LogP contribution in [0.15, 0.2) is 34.9 Å². The first-order chi connectivity index (χ1) is 12.4. The number of benzene rings is 1. The molecule has 0 bridgehead atoms. The summed E-state index contributed by atoms with van der Waals surface area (Å²) in [5.74, 6) is 1.86. The SMILES string of the molecule is CC(C)Cc1nc(CN2CCN(S(=O)(=O)Cc3ccccc3)CC2)no1. The number of hydrogen-bond donors (Lipinski definition) is 0. The van der Waals surface area contributed by atoms with Gasteiger partial charge in [-0.1, -0.05) is 49.3 Å². The molecule has 0 N–H and O–H groups in total. The molecule has 1 aliphatic rings. The molecule has 1 aromatic carbocycles. The van der Waals surface area contributed by atoms with Crippen LogP contribution in [-0.4, -0.2) is 53.9 Å². The van der Waals surface area contributed by atoms with E-state index in [9.17, 15) is 8.42 Å². The van der Waals surface area contributed by atoms with Crippen LogP contribution in [0.1, 0.15) is 31.1 Å². The Morgan fingerprint density at radius 3 is 2.46 bits per heavy atom. The Hall–Kier alpha value is -1.77. The van der Waals surface area contributed by atoms with Gasteiger partial charge in [-0.05, 0) is 11.5 Å². The molecule has 8 heteroatoms. The Morgan fingerprint density at radius 2 is 1.81 bits per heavy atom. The third kappa shape index (κ3) is 5.12. The van der Waals surface area contributed by atoms with Gasteiger partial charge in [-0.25, -0.2) is 8.42 Å². The molecule has 26 heavy (non-hydrogen) atoms. The van der Waals surface area contributed by atoms with Crippen LogP contribution < -0.4 is 0 Å². The lowest BCUT2D eigenvalue weighted by molar-refractivity contribution is 0.176. The smallest absolute Gasteiger partial charge is 0.226 e. The molecule has 0 unspecified atom stereocenters. The van der Waals surface area contributed by atoms with Crippen molar-refractivity contribution < 1.29 is 12.9 Å². The van der Waals surface area contributed by atoms with E-state index in [1.54, 1.807) is 4.31 Å². The Kier molecular flexibility index (Phi) is 6.05. The van der Waals surface area contributed by atoms with Gasteiger partial charge in [-0.15, -0.1) is 0 Å². The number of aromatic nitrogens is 2. The average Bonchev–Trinajstić information content (AvgIpc) is 3.02. The summed E-state index contributed by atoms with van der Waals surface area (Å²) < 4.78 is 32.0. The number of piperazine rings is 1. The molecule has 3 rings (SSSR count). The van der Waals surface area contributed by atoms with Crippen molar-refractivity contribution >= 4 is 10.0 Å². The molecule has 0 aliphatic carbocycles. The number of nitrogens with zero attached hydrogens (tertiary/aromatic N) is 4. The summed E-state index contributed by atoms with van der Waals surface area (Å²) in [4.78, 5) is 6.58. The summed E-state index contributed by atoms with van der Waals surface area (Å²) >= 11 is 0. The normalized spacial score (nSPS) is 17.0. The first kappa shape index (κ1) is 19.0. The Balaban J connectivity index is 1.51. The summed E-state index contributed by atoms with van der Waals surface area (Å²) in [5, 5.41) is 4.03. The molecule has 0 atom stereocenters. The van der Waals surface area contributed by atoms with Gasteiger partial charge in [-0.3, -0.25) is 4.90 Å². The van der Waals surface area contributed by atoms with Crippen LogP contribution >= 0.6 is 0 Å². The lowest BCUT2D eigenvalue weighted by atomic mass is 10.1. The Morgan fingerprint density at radius 1 is 1.12 bits per heavy atom. The maximum absolute atomic E-state index is 12.6. The van der Waals surface area contributed by atoms with Gasteiger partial charge in [0.05, 0.1) is 12.3 Å². The molecule has 1 saturated heterocycles.